The molecule has 0 heterocycles. The van der Waals surface area contributed by atoms with Gasteiger partial charge in [-0.15, -0.1) is 0 Å². The number of carbonyl (C=O) groups excluding carboxylic acids is 2. The number of rotatable bonds is 6. The van der Waals surface area contributed by atoms with Crippen LogP contribution in [0.5, 0.6) is 11.5 Å². The molecule has 27 heavy (non-hydrogen) atoms. The van der Waals surface area contributed by atoms with E-state index in [9.17, 15) is 23.5 Å². The molecule has 1 atom stereocenters. The number of anilines is 1. The maximum Gasteiger partial charge on any atom is 0.313 e. The molecule has 0 aliphatic carbocycles. The van der Waals surface area contributed by atoms with Gasteiger partial charge in [0.25, 0.3) is 0 Å². The van der Waals surface area contributed by atoms with Crippen LogP contribution in [0.3, 0.4) is 0 Å². The van der Waals surface area contributed by atoms with Gasteiger partial charge in [0.2, 0.25) is 0 Å². The van der Waals surface area contributed by atoms with Crippen LogP contribution >= 0.6 is 0 Å². The zero-order valence-electron chi connectivity index (χ0n) is 14.6. The molecule has 7 nitrogen and oxygen atoms in total. The maximum absolute atomic E-state index is 13.1. The van der Waals surface area contributed by atoms with E-state index in [0.717, 1.165) is 18.2 Å². The maximum atomic E-state index is 13.1. The molecule has 2 amide bonds. The van der Waals surface area contributed by atoms with Crippen molar-refractivity contribution in [2.75, 3.05) is 26.1 Å². The lowest BCUT2D eigenvalue weighted by atomic mass is 10.1. The molecule has 0 aliphatic heterocycles. The Labute approximate surface area is 153 Å². The fourth-order valence-electron chi connectivity index (χ4n) is 2.21. The lowest BCUT2D eigenvalue weighted by Crippen LogP contribution is -2.37. The first-order valence-electron chi connectivity index (χ1n) is 7.80. The van der Waals surface area contributed by atoms with Crippen molar-refractivity contribution in [2.45, 2.75) is 6.10 Å². The van der Waals surface area contributed by atoms with E-state index in [0.29, 0.717) is 17.1 Å². The second-order valence-electron chi connectivity index (χ2n) is 5.42. The van der Waals surface area contributed by atoms with Crippen LogP contribution in [0.25, 0.3) is 0 Å². The highest BCUT2D eigenvalue weighted by Crippen LogP contribution is 2.29. The molecule has 3 N–H and O–H groups in total. The molecule has 0 aromatic heterocycles. The van der Waals surface area contributed by atoms with Gasteiger partial charge in [0.05, 0.1) is 20.3 Å². The number of nitrogens with one attached hydrogen (secondary N) is 2. The van der Waals surface area contributed by atoms with Crippen molar-refractivity contribution in [3.05, 3.63) is 53.6 Å². The van der Waals surface area contributed by atoms with Crippen molar-refractivity contribution in [2.24, 2.45) is 0 Å². The molecule has 0 bridgehead atoms. The minimum Gasteiger partial charge on any atom is -0.493 e. The summed E-state index contributed by atoms with van der Waals surface area (Å²) in [5, 5.41) is 14.5. The van der Waals surface area contributed by atoms with Crippen molar-refractivity contribution >= 4 is 17.5 Å². The highest BCUT2D eigenvalue weighted by atomic mass is 19.2. The Morgan fingerprint density at radius 2 is 1.70 bits per heavy atom. The van der Waals surface area contributed by atoms with Crippen LogP contribution in [-0.2, 0) is 9.59 Å². The highest BCUT2D eigenvalue weighted by Gasteiger charge is 2.17. The molecule has 9 heteroatoms. The molecular weight excluding hydrogens is 362 g/mol. The van der Waals surface area contributed by atoms with Crippen molar-refractivity contribution in [1.29, 1.82) is 0 Å². The number of benzene rings is 2. The molecule has 2 rings (SSSR count). The van der Waals surface area contributed by atoms with Gasteiger partial charge in [0, 0.05) is 18.3 Å². The lowest BCUT2D eigenvalue weighted by Gasteiger charge is -2.15. The van der Waals surface area contributed by atoms with Crippen LogP contribution in [0.4, 0.5) is 14.5 Å². The van der Waals surface area contributed by atoms with Crippen LogP contribution in [-0.4, -0.2) is 37.7 Å². The van der Waals surface area contributed by atoms with E-state index in [1.54, 1.807) is 12.1 Å². The predicted octanol–water partition coefficient (Wildman–Crippen LogP) is 1.77. The van der Waals surface area contributed by atoms with E-state index in [2.05, 4.69) is 10.6 Å². The normalized spacial score (nSPS) is 11.4. The summed E-state index contributed by atoms with van der Waals surface area (Å²) in [7, 11) is 2.91. The van der Waals surface area contributed by atoms with Crippen LogP contribution in [0.2, 0.25) is 0 Å². The summed E-state index contributed by atoms with van der Waals surface area (Å²) in [5.41, 5.74) is 0.364. The number of hydrogen-bond donors (Lipinski definition) is 3. The van der Waals surface area contributed by atoms with Crippen molar-refractivity contribution in [3.63, 3.8) is 0 Å². The molecule has 1 unspecified atom stereocenters. The number of hydrogen-bond acceptors (Lipinski definition) is 5. The molecule has 0 aliphatic rings. The first-order valence-corrected chi connectivity index (χ1v) is 7.80. The number of amides is 2. The van der Waals surface area contributed by atoms with Crippen molar-refractivity contribution in [3.8, 4) is 11.5 Å². The van der Waals surface area contributed by atoms with Gasteiger partial charge in [-0.2, -0.15) is 0 Å². The molecule has 144 valence electrons. The van der Waals surface area contributed by atoms with E-state index < -0.39 is 29.6 Å². The number of halogens is 2. The number of methoxy groups -OCH3 is 2. The van der Waals surface area contributed by atoms with Crippen LogP contribution in [0, 0.1) is 11.6 Å². The number of ether oxygens (including phenoxy) is 2. The largest absolute Gasteiger partial charge is 0.493 e. The second kappa shape index (κ2) is 8.95. The van der Waals surface area contributed by atoms with Crippen molar-refractivity contribution in [1.82, 2.24) is 5.32 Å². The third-order valence-corrected chi connectivity index (χ3v) is 3.63. The Kier molecular flexibility index (Phi) is 6.67. The Morgan fingerprint density at radius 1 is 1.00 bits per heavy atom. The van der Waals surface area contributed by atoms with E-state index in [4.69, 9.17) is 9.47 Å². The molecule has 2 aromatic rings. The standard InChI is InChI=1S/C18H18F2N2O5/c1-26-15-6-3-10(7-16(15)27-2)14(23)9-21-17(24)18(25)22-11-4-5-12(19)13(20)8-11/h3-8,14,23H,9H2,1-2H3,(H,21,24)(H,22,25). The summed E-state index contributed by atoms with van der Waals surface area (Å²) in [6, 6.07) is 7.40. The van der Waals surface area contributed by atoms with Gasteiger partial charge >= 0.3 is 11.8 Å². The number of carbonyl (C=O) groups is 2. The zero-order chi connectivity index (χ0) is 20.0. The van der Waals surface area contributed by atoms with Gasteiger partial charge < -0.3 is 25.2 Å². The summed E-state index contributed by atoms with van der Waals surface area (Å²) >= 11 is 0. The van der Waals surface area contributed by atoms with Crippen LogP contribution < -0.4 is 20.1 Å². The van der Waals surface area contributed by atoms with Gasteiger partial charge in [-0.3, -0.25) is 9.59 Å². The fourth-order valence-corrected chi connectivity index (χ4v) is 2.21. The van der Waals surface area contributed by atoms with Gasteiger partial charge in [-0.05, 0) is 29.8 Å². The Bertz CT molecular complexity index is 844. The zero-order valence-corrected chi connectivity index (χ0v) is 14.6. The average Bonchev–Trinajstić information content (AvgIpc) is 2.67. The number of aliphatic hydroxyl groups is 1. The first kappa shape index (κ1) is 20.1. The molecule has 0 spiro atoms. The van der Waals surface area contributed by atoms with Gasteiger partial charge in [0.15, 0.2) is 23.1 Å². The summed E-state index contributed by atoms with van der Waals surface area (Å²) in [6.45, 7) is -0.250. The SMILES string of the molecule is COc1ccc(C(O)CNC(=O)C(=O)Nc2ccc(F)c(F)c2)cc1OC. The van der Waals surface area contributed by atoms with Crippen LogP contribution in [0.1, 0.15) is 11.7 Å². The van der Waals surface area contributed by atoms with E-state index >= 15 is 0 Å². The Hall–Kier alpha value is -3.20. The quantitative estimate of drug-likeness (QED) is 0.664. The molecule has 2 aromatic carbocycles. The van der Waals surface area contributed by atoms with E-state index in [1.165, 1.54) is 20.3 Å². The third kappa shape index (κ3) is 5.14. The third-order valence-electron chi connectivity index (χ3n) is 3.63. The topological polar surface area (TPSA) is 96.9 Å². The molecular formula is C18H18F2N2O5. The minimum atomic E-state index is -1.16. The van der Waals surface area contributed by atoms with Gasteiger partial charge in [0.1, 0.15) is 0 Å². The first-order chi connectivity index (χ1) is 12.8. The van der Waals surface area contributed by atoms with Gasteiger partial charge in [-0.1, -0.05) is 6.07 Å². The predicted molar refractivity (Wildman–Crippen MR) is 92.5 cm³/mol. The summed E-state index contributed by atoms with van der Waals surface area (Å²) in [4.78, 5) is 23.6. The van der Waals surface area contributed by atoms with Gasteiger partial charge in [-0.25, -0.2) is 8.78 Å². The second-order valence-corrected chi connectivity index (χ2v) is 5.42. The smallest absolute Gasteiger partial charge is 0.313 e. The summed E-state index contributed by atoms with van der Waals surface area (Å²) in [6.07, 6.45) is -1.11. The Morgan fingerprint density at radius 3 is 2.33 bits per heavy atom. The lowest BCUT2D eigenvalue weighted by molar-refractivity contribution is -0.136. The molecule has 0 saturated carbocycles. The highest BCUT2D eigenvalue weighted by molar-refractivity contribution is 6.39. The van der Waals surface area contributed by atoms with Crippen LogP contribution in [0.15, 0.2) is 36.4 Å². The monoisotopic (exact) mass is 380 g/mol. The summed E-state index contributed by atoms with van der Waals surface area (Å²) in [5.74, 6) is -3.48. The molecule has 0 fully saturated rings. The number of aliphatic hydroxyl groups excluding tert-OH is 1. The average molecular weight is 380 g/mol. The van der Waals surface area contributed by atoms with E-state index in [1.807, 2.05) is 0 Å². The fraction of sp³-hybridized carbons (Fsp3) is 0.222. The summed E-state index contributed by atoms with van der Waals surface area (Å²) < 4.78 is 36.2. The molecule has 0 radical (unpaired) electrons. The molecule has 0 saturated heterocycles. The van der Waals surface area contributed by atoms with Crippen molar-refractivity contribution < 1.29 is 33.0 Å². The minimum absolute atomic E-state index is 0.0745. The van der Waals surface area contributed by atoms with E-state index in [-0.39, 0.29) is 12.2 Å². The Balaban J connectivity index is 1.93.